The second-order valence-corrected chi connectivity index (χ2v) is 8.20. The SMILES string of the molecule is O=C(O)C1=C(CSc2ncn[nH]2)CS[C@H]2C(NC(=O)C(Cl)Cl)C(=O)N12. The Bertz CT molecular complexity index is 742. The van der Waals surface area contributed by atoms with Crippen LogP contribution in [0.25, 0.3) is 0 Å². The van der Waals surface area contributed by atoms with E-state index in [2.05, 4.69) is 20.5 Å². The molecule has 3 rings (SSSR count). The van der Waals surface area contributed by atoms with Gasteiger partial charge in [0, 0.05) is 11.5 Å². The van der Waals surface area contributed by atoms with Crippen LogP contribution < -0.4 is 5.32 Å². The molecule has 1 fully saturated rings. The zero-order valence-electron chi connectivity index (χ0n) is 12.3. The molecule has 2 amide bonds. The van der Waals surface area contributed by atoms with E-state index in [1.807, 2.05) is 0 Å². The van der Waals surface area contributed by atoms with Gasteiger partial charge in [0.25, 0.3) is 11.8 Å². The molecule has 2 aliphatic heterocycles. The molecule has 1 unspecified atom stereocenters. The molecule has 3 N–H and O–H groups in total. The highest BCUT2D eigenvalue weighted by molar-refractivity contribution is 8.01. The fourth-order valence-corrected chi connectivity index (χ4v) is 4.82. The van der Waals surface area contributed by atoms with Gasteiger partial charge in [-0.3, -0.25) is 19.6 Å². The van der Waals surface area contributed by atoms with Gasteiger partial charge in [-0.1, -0.05) is 35.0 Å². The first kappa shape index (κ1) is 18.4. The summed E-state index contributed by atoms with van der Waals surface area (Å²) in [5.41, 5.74) is 0.542. The molecular weight excluding hydrogens is 413 g/mol. The fraction of sp³-hybridized carbons (Fsp3) is 0.417. The molecule has 0 spiro atoms. The number of nitrogens with one attached hydrogen (secondary N) is 2. The molecule has 13 heteroatoms. The molecule has 25 heavy (non-hydrogen) atoms. The van der Waals surface area contributed by atoms with Crippen molar-refractivity contribution in [3.05, 3.63) is 17.6 Å². The van der Waals surface area contributed by atoms with Crippen molar-refractivity contribution in [1.82, 2.24) is 25.4 Å². The minimum absolute atomic E-state index is 0.0560. The number of aliphatic carboxylic acids is 1. The largest absolute Gasteiger partial charge is 0.477 e. The number of carboxylic acid groups (broad SMARTS) is 1. The maximum atomic E-state index is 12.3. The number of fused-ring (bicyclic) bond motifs is 1. The molecular formula is C12H11Cl2N5O4S2. The Kier molecular flexibility index (Phi) is 5.46. The first-order valence-electron chi connectivity index (χ1n) is 6.87. The molecule has 0 aromatic carbocycles. The monoisotopic (exact) mass is 423 g/mol. The van der Waals surface area contributed by atoms with E-state index in [9.17, 15) is 19.5 Å². The number of β-lactam (4-membered cyclic amide) rings is 1. The first-order valence-corrected chi connectivity index (χ1v) is 9.77. The Morgan fingerprint density at radius 3 is 2.92 bits per heavy atom. The van der Waals surface area contributed by atoms with Crippen molar-refractivity contribution in [2.75, 3.05) is 11.5 Å². The molecule has 0 saturated carbocycles. The summed E-state index contributed by atoms with van der Waals surface area (Å²) in [4.78, 5) is 39.4. The number of alkyl halides is 2. The second kappa shape index (κ2) is 7.44. The number of rotatable bonds is 6. The predicted octanol–water partition coefficient (Wildman–Crippen LogP) is 0.439. The lowest BCUT2D eigenvalue weighted by Crippen LogP contribution is -2.71. The number of carboxylic acids is 1. The summed E-state index contributed by atoms with van der Waals surface area (Å²) < 4.78 is 0. The smallest absolute Gasteiger partial charge is 0.352 e. The molecule has 134 valence electrons. The summed E-state index contributed by atoms with van der Waals surface area (Å²) in [6.07, 6.45) is 1.35. The fourth-order valence-electron chi connectivity index (χ4n) is 2.43. The number of hydrogen-bond donors (Lipinski definition) is 3. The lowest BCUT2D eigenvalue weighted by molar-refractivity contribution is -0.150. The number of aromatic amines is 1. The third-order valence-electron chi connectivity index (χ3n) is 3.52. The average Bonchev–Trinajstić information content (AvgIpc) is 3.09. The molecule has 1 aromatic rings. The van der Waals surface area contributed by atoms with Crippen LogP contribution in [0.2, 0.25) is 0 Å². The third-order valence-corrected chi connectivity index (χ3v) is 6.22. The Morgan fingerprint density at radius 1 is 1.56 bits per heavy atom. The van der Waals surface area contributed by atoms with E-state index in [0.717, 1.165) is 0 Å². The van der Waals surface area contributed by atoms with Crippen molar-refractivity contribution < 1.29 is 19.5 Å². The molecule has 1 aromatic heterocycles. The van der Waals surface area contributed by atoms with Crippen LogP contribution in [-0.4, -0.2) is 70.7 Å². The summed E-state index contributed by atoms with van der Waals surface area (Å²) in [5, 5.41) is 18.4. The number of carbonyl (C=O) groups excluding carboxylic acids is 2. The molecule has 0 aliphatic carbocycles. The summed E-state index contributed by atoms with van der Waals surface area (Å²) in [6, 6.07) is -0.838. The Hall–Kier alpha value is -1.43. The number of hydrogen-bond acceptors (Lipinski definition) is 7. The molecule has 9 nitrogen and oxygen atoms in total. The number of amides is 2. The van der Waals surface area contributed by atoms with Gasteiger partial charge in [0.15, 0.2) is 9.99 Å². The maximum Gasteiger partial charge on any atom is 0.352 e. The van der Waals surface area contributed by atoms with Crippen molar-refractivity contribution in [3.8, 4) is 0 Å². The number of aromatic nitrogens is 3. The van der Waals surface area contributed by atoms with Crippen LogP contribution in [0.5, 0.6) is 0 Å². The Labute approximate surface area is 159 Å². The predicted molar refractivity (Wildman–Crippen MR) is 92.3 cm³/mol. The van der Waals surface area contributed by atoms with Gasteiger partial charge >= 0.3 is 5.97 Å². The topological polar surface area (TPSA) is 128 Å². The van der Waals surface area contributed by atoms with Crippen LogP contribution >= 0.6 is 46.7 Å². The summed E-state index contributed by atoms with van der Waals surface area (Å²) in [5.74, 6) is -1.62. The number of nitrogens with zero attached hydrogens (tertiary/aromatic N) is 3. The molecule has 3 heterocycles. The van der Waals surface area contributed by atoms with E-state index in [0.29, 0.717) is 22.2 Å². The second-order valence-electron chi connectivity index (χ2n) is 5.03. The minimum atomic E-state index is -1.29. The number of H-pyrrole nitrogens is 1. The van der Waals surface area contributed by atoms with Crippen molar-refractivity contribution in [1.29, 1.82) is 0 Å². The lowest BCUT2D eigenvalue weighted by Gasteiger charge is -2.49. The molecule has 1 saturated heterocycles. The highest BCUT2D eigenvalue weighted by Crippen LogP contribution is 2.41. The van der Waals surface area contributed by atoms with E-state index in [-0.39, 0.29) is 5.70 Å². The molecule has 2 aliphatic rings. The molecule has 0 bridgehead atoms. The van der Waals surface area contributed by atoms with Crippen molar-refractivity contribution in [2.24, 2.45) is 0 Å². The van der Waals surface area contributed by atoms with Crippen LogP contribution in [0.1, 0.15) is 0 Å². The Balaban J connectivity index is 1.75. The van der Waals surface area contributed by atoms with Crippen LogP contribution in [0.3, 0.4) is 0 Å². The lowest BCUT2D eigenvalue weighted by atomic mass is 10.0. The van der Waals surface area contributed by atoms with Gasteiger partial charge in [-0.2, -0.15) is 5.10 Å². The van der Waals surface area contributed by atoms with Gasteiger partial charge < -0.3 is 10.4 Å². The number of thioether (sulfide) groups is 2. The van der Waals surface area contributed by atoms with E-state index in [4.69, 9.17) is 23.2 Å². The van der Waals surface area contributed by atoms with Crippen LogP contribution in [0.15, 0.2) is 22.8 Å². The standard InChI is InChI=1S/C12H11Cl2N5O4S2/c13-7(14)8(20)17-5-9(21)19-6(11(22)23)4(1-24-10(5)19)2-25-12-15-3-16-18-12/h3,5,7,10H,1-2H2,(H,17,20)(H,22,23)(H,15,16,18)/t5?,10-/m0/s1. The summed E-state index contributed by atoms with van der Waals surface area (Å²) in [7, 11) is 0. The molecule has 0 radical (unpaired) electrons. The van der Waals surface area contributed by atoms with E-state index >= 15 is 0 Å². The third kappa shape index (κ3) is 3.59. The van der Waals surface area contributed by atoms with Gasteiger partial charge in [-0.05, 0) is 5.57 Å². The average molecular weight is 424 g/mol. The van der Waals surface area contributed by atoms with Crippen LogP contribution in [-0.2, 0) is 14.4 Å². The first-order chi connectivity index (χ1) is 11.9. The van der Waals surface area contributed by atoms with Gasteiger partial charge in [-0.25, -0.2) is 9.78 Å². The van der Waals surface area contributed by atoms with Crippen LogP contribution in [0, 0.1) is 0 Å². The maximum absolute atomic E-state index is 12.3. The summed E-state index contributed by atoms with van der Waals surface area (Å²) >= 11 is 13.6. The number of carbonyl (C=O) groups is 3. The normalized spacial score (nSPS) is 22.7. The van der Waals surface area contributed by atoms with E-state index < -0.39 is 34.0 Å². The van der Waals surface area contributed by atoms with Crippen molar-refractivity contribution in [3.63, 3.8) is 0 Å². The van der Waals surface area contributed by atoms with Gasteiger partial charge in [0.2, 0.25) is 0 Å². The van der Waals surface area contributed by atoms with Crippen molar-refractivity contribution in [2.45, 2.75) is 21.4 Å². The Morgan fingerprint density at radius 2 is 2.32 bits per heavy atom. The number of halogens is 2. The van der Waals surface area contributed by atoms with Gasteiger partial charge in [0.05, 0.1) is 0 Å². The van der Waals surface area contributed by atoms with Crippen molar-refractivity contribution >= 4 is 64.5 Å². The van der Waals surface area contributed by atoms with E-state index in [1.165, 1.54) is 34.8 Å². The molecule has 2 atom stereocenters. The van der Waals surface area contributed by atoms with Crippen LogP contribution in [0.4, 0.5) is 0 Å². The van der Waals surface area contributed by atoms with E-state index in [1.54, 1.807) is 0 Å². The highest BCUT2D eigenvalue weighted by atomic mass is 35.5. The highest BCUT2D eigenvalue weighted by Gasteiger charge is 2.54. The van der Waals surface area contributed by atoms with Gasteiger partial charge in [-0.15, -0.1) is 11.8 Å². The quantitative estimate of drug-likeness (QED) is 0.341. The zero-order valence-corrected chi connectivity index (χ0v) is 15.5. The van der Waals surface area contributed by atoms with Gasteiger partial charge in [0.1, 0.15) is 23.4 Å². The minimum Gasteiger partial charge on any atom is -0.477 e. The summed E-state index contributed by atoms with van der Waals surface area (Å²) in [6.45, 7) is 0. The zero-order chi connectivity index (χ0) is 18.1.